The van der Waals surface area contributed by atoms with Crippen molar-refractivity contribution < 1.29 is 9.53 Å². The lowest BCUT2D eigenvalue weighted by Crippen LogP contribution is -2.17. The molecule has 6 nitrogen and oxygen atoms in total. The van der Waals surface area contributed by atoms with Crippen LogP contribution in [0.1, 0.15) is 27.0 Å². The Kier molecular flexibility index (Phi) is 6.52. The summed E-state index contributed by atoms with van der Waals surface area (Å²) >= 11 is 2.15. The van der Waals surface area contributed by atoms with Crippen LogP contribution < -0.4 is 10.2 Å². The Labute approximate surface area is 199 Å². The second-order valence-corrected chi connectivity index (χ2v) is 8.21. The molecule has 0 atom stereocenters. The van der Waals surface area contributed by atoms with Gasteiger partial charge >= 0.3 is 0 Å². The number of nitrogens with one attached hydrogen (secondary N) is 1. The third-order valence-electron chi connectivity index (χ3n) is 5.08. The molecule has 0 aliphatic rings. The normalized spacial score (nSPS) is 10.9. The molecule has 7 heteroatoms. The smallest absolute Gasteiger partial charge is 0.271 e. The Hall–Kier alpha value is -3.64. The van der Waals surface area contributed by atoms with Crippen LogP contribution in [-0.4, -0.2) is 23.8 Å². The zero-order chi connectivity index (χ0) is 22.5. The van der Waals surface area contributed by atoms with E-state index in [1.807, 2.05) is 60.8 Å². The number of fused-ring (bicyclic) bond motifs is 1. The van der Waals surface area contributed by atoms with E-state index in [9.17, 15) is 10.1 Å². The monoisotopic (exact) mass is 534 g/mol. The maximum atomic E-state index is 12.5. The number of hydrazone groups is 1. The van der Waals surface area contributed by atoms with Crippen LogP contribution in [0.15, 0.2) is 78.0 Å². The maximum absolute atomic E-state index is 12.5. The molecule has 0 bridgehead atoms. The lowest BCUT2D eigenvalue weighted by Gasteiger charge is -2.07. The number of hydrogen-bond acceptors (Lipinski definition) is 4. The molecular weight excluding hydrogens is 515 g/mol. The van der Waals surface area contributed by atoms with Crippen molar-refractivity contribution in [3.8, 4) is 11.8 Å². The number of benzene rings is 3. The molecule has 0 spiro atoms. The quantitative estimate of drug-likeness (QED) is 0.216. The summed E-state index contributed by atoms with van der Waals surface area (Å²) in [5.74, 6) is 0.325. The molecular formula is C25H19IN4O2. The predicted molar refractivity (Wildman–Crippen MR) is 133 cm³/mol. The minimum atomic E-state index is -0.317. The number of nitriles is 1. The molecule has 1 heterocycles. The van der Waals surface area contributed by atoms with Gasteiger partial charge in [0, 0.05) is 34.8 Å². The number of para-hydroxylation sites is 1. The number of carbonyl (C=O) groups excluding carboxylic acids is 1. The number of halogens is 1. The Morgan fingerprint density at radius 1 is 1.19 bits per heavy atom. The van der Waals surface area contributed by atoms with Gasteiger partial charge in [0.05, 0.1) is 28.5 Å². The zero-order valence-electron chi connectivity index (χ0n) is 17.2. The Morgan fingerprint density at radius 2 is 1.97 bits per heavy atom. The first kappa shape index (κ1) is 21.6. The summed E-state index contributed by atoms with van der Waals surface area (Å²) in [4.78, 5) is 12.5. The average molecular weight is 534 g/mol. The van der Waals surface area contributed by atoms with E-state index < -0.39 is 0 Å². The molecule has 0 radical (unpaired) electrons. The van der Waals surface area contributed by atoms with Crippen LogP contribution >= 0.6 is 22.6 Å². The highest BCUT2D eigenvalue weighted by Gasteiger charge is 2.11. The number of amides is 1. The van der Waals surface area contributed by atoms with Gasteiger partial charge in [-0.2, -0.15) is 10.4 Å². The average Bonchev–Trinajstić information content (AvgIpc) is 3.17. The summed E-state index contributed by atoms with van der Waals surface area (Å²) in [5.41, 5.74) is 6.54. The first-order chi connectivity index (χ1) is 15.6. The molecule has 1 aromatic heterocycles. The van der Waals surface area contributed by atoms with E-state index in [1.165, 1.54) is 0 Å². The summed E-state index contributed by atoms with van der Waals surface area (Å²) in [6, 6.07) is 23.0. The van der Waals surface area contributed by atoms with E-state index in [0.717, 1.165) is 25.6 Å². The SMILES string of the molecule is COc1cc(C(=O)N/N=C\c2cn(Cc3ccccc3C#N)c3ccccc23)ccc1I. The number of aromatic nitrogens is 1. The number of carbonyl (C=O) groups is 1. The molecule has 3 aromatic carbocycles. The van der Waals surface area contributed by atoms with Gasteiger partial charge in [0.2, 0.25) is 0 Å². The molecule has 32 heavy (non-hydrogen) atoms. The fraction of sp³-hybridized carbons (Fsp3) is 0.0800. The van der Waals surface area contributed by atoms with Gasteiger partial charge in [-0.15, -0.1) is 0 Å². The predicted octanol–water partition coefficient (Wildman–Crippen LogP) is 4.94. The maximum Gasteiger partial charge on any atom is 0.271 e. The van der Waals surface area contributed by atoms with E-state index >= 15 is 0 Å². The fourth-order valence-electron chi connectivity index (χ4n) is 3.49. The Morgan fingerprint density at radius 3 is 2.78 bits per heavy atom. The highest BCUT2D eigenvalue weighted by molar-refractivity contribution is 14.1. The summed E-state index contributed by atoms with van der Waals surface area (Å²) in [6.45, 7) is 0.562. The number of ether oxygens (including phenoxy) is 1. The van der Waals surface area contributed by atoms with Crippen molar-refractivity contribution in [2.45, 2.75) is 6.54 Å². The lowest BCUT2D eigenvalue weighted by atomic mass is 10.1. The van der Waals surface area contributed by atoms with Gasteiger partial charge in [-0.25, -0.2) is 5.43 Å². The van der Waals surface area contributed by atoms with Crippen LogP contribution in [0.4, 0.5) is 0 Å². The van der Waals surface area contributed by atoms with Crippen LogP contribution in [0.3, 0.4) is 0 Å². The lowest BCUT2D eigenvalue weighted by molar-refractivity contribution is 0.0954. The summed E-state index contributed by atoms with van der Waals surface area (Å²) in [5, 5.41) is 14.6. The van der Waals surface area contributed by atoms with E-state index in [-0.39, 0.29) is 5.91 Å². The van der Waals surface area contributed by atoms with Gasteiger partial charge in [0.15, 0.2) is 0 Å². The highest BCUT2D eigenvalue weighted by Crippen LogP contribution is 2.23. The van der Waals surface area contributed by atoms with Crippen LogP contribution in [0.25, 0.3) is 10.9 Å². The van der Waals surface area contributed by atoms with Crippen LogP contribution in [0, 0.1) is 14.9 Å². The molecule has 0 unspecified atom stereocenters. The van der Waals surface area contributed by atoms with E-state index in [1.54, 1.807) is 25.5 Å². The van der Waals surface area contributed by atoms with E-state index in [2.05, 4.69) is 43.8 Å². The van der Waals surface area contributed by atoms with Gasteiger partial charge in [0.25, 0.3) is 5.91 Å². The molecule has 4 aromatic rings. The summed E-state index contributed by atoms with van der Waals surface area (Å²) < 4.78 is 8.29. The topological polar surface area (TPSA) is 79.4 Å². The van der Waals surface area contributed by atoms with Crippen molar-refractivity contribution in [3.05, 3.63) is 98.8 Å². The zero-order valence-corrected chi connectivity index (χ0v) is 19.4. The molecule has 4 rings (SSSR count). The highest BCUT2D eigenvalue weighted by atomic mass is 127. The second-order valence-electron chi connectivity index (χ2n) is 7.05. The Balaban J connectivity index is 1.58. The first-order valence-corrected chi connectivity index (χ1v) is 10.9. The van der Waals surface area contributed by atoms with Crippen molar-refractivity contribution >= 4 is 45.6 Å². The molecule has 0 fully saturated rings. The number of rotatable bonds is 6. The molecule has 0 aliphatic carbocycles. The van der Waals surface area contributed by atoms with E-state index in [4.69, 9.17) is 4.74 Å². The number of methoxy groups -OCH3 is 1. The second kappa shape index (κ2) is 9.66. The number of nitrogens with zero attached hydrogens (tertiary/aromatic N) is 3. The standard InChI is InChI=1S/C25H19IN4O2/c1-32-24-12-17(10-11-22(24)26)25(31)29-28-14-20-16-30(23-9-5-4-8-21(20)23)15-19-7-3-2-6-18(19)13-27/h2-12,14,16H,15H2,1H3,(H,29,31)/b28-14-. The van der Waals surface area contributed by atoms with Crippen LogP contribution in [0.5, 0.6) is 5.75 Å². The van der Waals surface area contributed by atoms with Crippen molar-refractivity contribution in [2.24, 2.45) is 5.10 Å². The Bertz CT molecular complexity index is 1370. The van der Waals surface area contributed by atoms with Crippen molar-refractivity contribution in [2.75, 3.05) is 7.11 Å². The van der Waals surface area contributed by atoms with Gasteiger partial charge in [0.1, 0.15) is 5.75 Å². The fourth-order valence-corrected chi connectivity index (χ4v) is 4.04. The van der Waals surface area contributed by atoms with Crippen molar-refractivity contribution in [1.82, 2.24) is 9.99 Å². The largest absolute Gasteiger partial charge is 0.496 e. The van der Waals surface area contributed by atoms with Gasteiger partial charge in [-0.1, -0.05) is 36.4 Å². The summed E-state index contributed by atoms with van der Waals surface area (Å²) in [7, 11) is 1.57. The third-order valence-corrected chi connectivity index (χ3v) is 5.97. The summed E-state index contributed by atoms with van der Waals surface area (Å²) in [6.07, 6.45) is 3.61. The van der Waals surface area contributed by atoms with Gasteiger partial charge in [-0.3, -0.25) is 4.79 Å². The van der Waals surface area contributed by atoms with Crippen LogP contribution in [0.2, 0.25) is 0 Å². The number of hydrogen-bond donors (Lipinski definition) is 1. The molecule has 0 saturated carbocycles. The van der Waals surface area contributed by atoms with Gasteiger partial charge in [-0.05, 0) is 58.5 Å². The van der Waals surface area contributed by atoms with Crippen LogP contribution in [-0.2, 0) is 6.54 Å². The van der Waals surface area contributed by atoms with Crippen molar-refractivity contribution in [3.63, 3.8) is 0 Å². The van der Waals surface area contributed by atoms with Crippen molar-refractivity contribution in [1.29, 1.82) is 5.26 Å². The third kappa shape index (κ3) is 4.50. The van der Waals surface area contributed by atoms with Gasteiger partial charge < -0.3 is 9.30 Å². The molecule has 1 N–H and O–H groups in total. The minimum absolute atomic E-state index is 0.317. The molecule has 158 valence electrons. The molecule has 0 aliphatic heterocycles. The van der Waals surface area contributed by atoms with E-state index in [0.29, 0.717) is 23.4 Å². The minimum Gasteiger partial charge on any atom is -0.496 e. The first-order valence-electron chi connectivity index (χ1n) is 9.83. The molecule has 1 amide bonds. The molecule has 0 saturated heterocycles.